The van der Waals surface area contributed by atoms with Crippen LogP contribution < -0.4 is 10.1 Å². The van der Waals surface area contributed by atoms with Gasteiger partial charge in [-0.15, -0.1) is 0 Å². The van der Waals surface area contributed by atoms with Crippen LogP contribution in [0, 0.1) is 5.92 Å². The van der Waals surface area contributed by atoms with Gasteiger partial charge in [-0.05, 0) is 37.8 Å². The quantitative estimate of drug-likeness (QED) is 0.887. The molecule has 1 fully saturated rings. The van der Waals surface area contributed by atoms with Gasteiger partial charge in [0.2, 0.25) is 0 Å². The Balaban J connectivity index is 1.79. The maximum absolute atomic E-state index is 6.04. The van der Waals surface area contributed by atoms with Crippen molar-refractivity contribution in [2.24, 2.45) is 5.92 Å². The molecule has 3 rings (SSSR count). The molecular formula is C18H25NO2. The van der Waals surface area contributed by atoms with Gasteiger partial charge in [-0.2, -0.15) is 0 Å². The molecule has 3 nitrogen and oxygen atoms in total. The maximum atomic E-state index is 6.04. The third-order valence-corrected chi connectivity index (χ3v) is 4.75. The summed E-state index contributed by atoms with van der Waals surface area (Å²) in [5.41, 5.74) is 0.848. The third-order valence-electron chi connectivity index (χ3n) is 4.75. The van der Waals surface area contributed by atoms with Crippen LogP contribution in [-0.2, 0) is 0 Å². The Labute approximate surface area is 126 Å². The maximum Gasteiger partial charge on any atom is 0.176 e. The lowest BCUT2D eigenvalue weighted by atomic mass is 9.85. The van der Waals surface area contributed by atoms with E-state index in [-0.39, 0.29) is 6.04 Å². The van der Waals surface area contributed by atoms with Gasteiger partial charge in [-0.25, -0.2) is 0 Å². The number of methoxy groups -OCH3 is 1. The summed E-state index contributed by atoms with van der Waals surface area (Å²) < 4.78 is 11.4. The van der Waals surface area contributed by atoms with E-state index < -0.39 is 0 Å². The number of para-hydroxylation sites is 1. The molecule has 3 atom stereocenters. The molecule has 21 heavy (non-hydrogen) atoms. The predicted octanol–water partition coefficient (Wildman–Crippen LogP) is 4.67. The van der Waals surface area contributed by atoms with Crippen molar-refractivity contribution in [3.63, 3.8) is 0 Å². The molecule has 1 N–H and O–H groups in total. The number of ether oxygens (including phenoxy) is 1. The Morgan fingerprint density at radius 3 is 2.86 bits per heavy atom. The molecule has 0 amide bonds. The summed E-state index contributed by atoms with van der Waals surface area (Å²) in [7, 11) is 1.68. The van der Waals surface area contributed by atoms with Crippen molar-refractivity contribution in [1.29, 1.82) is 0 Å². The first-order valence-electron chi connectivity index (χ1n) is 8.01. The largest absolute Gasteiger partial charge is 0.493 e. The monoisotopic (exact) mass is 287 g/mol. The summed E-state index contributed by atoms with van der Waals surface area (Å²) >= 11 is 0. The number of hydrogen-bond acceptors (Lipinski definition) is 3. The van der Waals surface area contributed by atoms with E-state index >= 15 is 0 Å². The molecule has 1 saturated carbocycles. The lowest BCUT2D eigenvalue weighted by Gasteiger charge is -2.31. The molecule has 0 aliphatic heterocycles. The summed E-state index contributed by atoms with van der Waals surface area (Å²) in [6.07, 6.45) is 5.31. The summed E-state index contributed by atoms with van der Waals surface area (Å²) in [5.74, 6) is 2.55. The van der Waals surface area contributed by atoms with Gasteiger partial charge in [0.05, 0.1) is 13.2 Å². The highest BCUT2D eigenvalue weighted by Crippen LogP contribution is 2.32. The Bertz CT molecular complexity index is 604. The third kappa shape index (κ3) is 2.93. The van der Waals surface area contributed by atoms with Crippen LogP contribution in [0.25, 0.3) is 11.0 Å². The van der Waals surface area contributed by atoms with Gasteiger partial charge in [0.25, 0.3) is 0 Å². The fourth-order valence-corrected chi connectivity index (χ4v) is 3.40. The zero-order chi connectivity index (χ0) is 14.8. The average Bonchev–Trinajstić information content (AvgIpc) is 2.93. The second-order valence-electron chi connectivity index (χ2n) is 6.28. The molecule has 3 unspecified atom stereocenters. The van der Waals surface area contributed by atoms with Crippen LogP contribution >= 0.6 is 0 Å². The number of benzene rings is 1. The first-order chi connectivity index (χ1) is 10.2. The smallest absolute Gasteiger partial charge is 0.176 e. The van der Waals surface area contributed by atoms with E-state index in [1.54, 1.807) is 7.11 Å². The zero-order valence-electron chi connectivity index (χ0n) is 13.2. The molecule has 1 aliphatic carbocycles. The Kier molecular flexibility index (Phi) is 4.20. The van der Waals surface area contributed by atoms with E-state index in [0.29, 0.717) is 6.04 Å². The van der Waals surface area contributed by atoms with E-state index in [2.05, 4.69) is 31.3 Å². The molecular weight excluding hydrogens is 262 g/mol. The molecule has 0 bridgehead atoms. The molecule has 0 saturated heterocycles. The van der Waals surface area contributed by atoms with Crippen LogP contribution in [0.3, 0.4) is 0 Å². The van der Waals surface area contributed by atoms with Gasteiger partial charge in [-0.3, -0.25) is 0 Å². The fourth-order valence-electron chi connectivity index (χ4n) is 3.40. The summed E-state index contributed by atoms with van der Waals surface area (Å²) in [5, 5.41) is 4.85. The zero-order valence-corrected chi connectivity index (χ0v) is 13.2. The van der Waals surface area contributed by atoms with E-state index in [1.165, 1.54) is 25.7 Å². The Hall–Kier alpha value is -1.48. The van der Waals surface area contributed by atoms with Gasteiger partial charge in [-0.1, -0.05) is 31.9 Å². The van der Waals surface area contributed by atoms with E-state index in [0.717, 1.165) is 28.4 Å². The lowest BCUT2D eigenvalue weighted by Crippen LogP contribution is -2.38. The van der Waals surface area contributed by atoms with Crippen molar-refractivity contribution < 1.29 is 9.15 Å². The normalized spacial score (nSPS) is 24.1. The number of rotatable bonds is 4. The van der Waals surface area contributed by atoms with Crippen molar-refractivity contribution in [2.45, 2.75) is 51.6 Å². The SMILES string of the molecule is COc1cccc2cc(C(C)NC3CCCCC3C)oc12. The number of nitrogens with one attached hydrogen (secondary N) is 1. The van der Waals surface area contributed by atoms with Crippen molar-refractivity contribution in [1.82, 2.24) is 5.32 Å². The Morgan fingerprint density at radius 2 is 2.10 bits per heavy atom. The van der Waals surface area contributed by atoms with Gasteiger partial charge in [0.1, 0.15) is 5.76 Å². The second kappa shape index (κ2) is 6.10. The van der Waals surface area contributed by atoms with E-state index in [9.17, 15) is 0 Å². The highest BCUT2D eigenvalue weighted by atomic mass is 16.5. The van der Waals surface area contributed by atoms with Crippen LogP contribution in [-0.4, -0.2) is 13.2 Å². The second-order valence-corrected chi connectivity index (χ2v) is 6.28. The first-order valence-corrected chi connectivity index (χ1v) is 8.01. The summed E-state index contributed by atoms with van der Waals surface area (Å²) in [6.45, 7) is 4.54. The fraction of sp³-hybridized carbons (Fsp3) is 0.556. The standard InChI is InChI=1S/C18H25NO2/c1-12-7-4-5-9-15(12)19-13(2)17-11-14-8-6-10-16(20-3)18(14)21-17/h6,8,10-13,15,19H,4-5,7,9H2,1-3H3. The number of fused-ring (bicyclic) bond motifs is 1. The number of hydrogen-bond donors (Lipinski definition) is 1. The van der Waals surface area contributed by atoms with Crippen LogP contribution in [0.5, 0.6) is 5.75 Å². The minimum atomic E-state index is 0.229. The highest BCUT2D eigenvalue weighted by molar-refractivity contribution is 5.83. The summed E-state index contributed by atoms with van der Waals surface area (Å²) in [4.78, 5) is 0. The molecule has 3 heteroatoms. The molecule has 1 aromatic carbocycles. The van der Waals surface area contributed by atoms with Crippen LogP contribution in [0.1, 0.15) is 51.3 Å². The first kappa shape index (κ1) is 14.5. The van der Waals surface area contributed by atoms with Gasteiger partial charge >= 0.3 is 0 Å². The van der Waals surface area contributed by atoms with Crippen molar-refractivity contribution in [3.05, 3.63) is 30.0 Å². The predicted molar refractivity (Wildman–Crippen MR) is 85.7 cm³/mol. The molecule has 0 spiro atoms. The van der Waals surface area contributed by atoms with Crippen LogP contribution in [0.2, 0.25) is 0 Å². The highest BCUT2D eigenvalue weighted by Gasteiger charge is 2.24. The van der Waals surface area contributed by atoms with Gasteiger partial charge in [0.15, 0.2) is 11.3 Å². The van der Waals surface area contributed by atoms with E-state index in [4.69, 9.17) is 9.15 Å². The van der Waals surface area contributed by atoms with Crippen LogP contribution in [0.15, 0.2) is 28.7 Å². The van der Waals surface area contributed by atoms with Crippen molar-refractivity contribution >= 4 is 11.0 Å². The minimum absolute atomic E-state index is 0.229. The molecule has 2 aromatic rings. The van der Waals surface area contributed by atoms with E-state index in [1.807, 2.05) is 12.1 Å². The van der Waals surface area contributed by atoms with Crippen molar-refractivity contribution in [3.8, 4) is 5.75 Å². The van der Waals surface area contributed by atoms with Gasteiger partial charge < -0.3 is 14.5 Å². The summed E-state index contributed by atoms with van der Waals surface area (Å²) in [6, 6.07) is 8.97. The Morgan fingerprint density at radius 1 is 1.29 bits per heavy atom. The topological polar surface area (TPSA) is 34.4 Å². The van der Waals surface area contributed by atoms with Gasteiger partial charge in [0, 0.05) is 11.4 Å². The molecule has 1 aromatic heterocycles. The minimum Gasteiger partial charge on any atom is -0.493 e. The molecule has 1 heterocycles. The molecule has 1 aliphatic rings. The lowest BCUT2D eigenvalue weighted by molar-refractivity contribution is 0.254. The average molecular weight is 287 g/mol. The van der Waals surface area contributed by atoms with Crippen LogP contribution in [0.4, 0.5) is 0 Å². The molecule has 0 radical (unpaired) electrons. The molecule has 114 valence electrons. The number of furan rings is 1. The van der Waals surface area contributed by atoms with Crippen molar-refractivity contribution in [2.75, 3.05) is 7.11 Å².